The van der Waals surface area contributed by atoms with Gasteiger partial charge in [0.05, 0.1) is 0 Å². The summed E-state index contributed by atoms with van der Waals surface area (Å²) in [7, 11) is 0. The summed E-state index contributed by atoms with van der Waals surface area (Å²) in [6.07, 6.45) is -0.383. The molecule has 0 aromatic carbocycles. The van der Waals surface area contributed by atoms with Gasteiger partial charge < -0.3 is 14.9 Å². The summed E-state index contributed by atoms with van der Waals surface area (Å²) >= 11 is 0. The predicted octanol–water partition coefficient (Wildman–Crippen LogP) is 0.460. The molecule has 10 heavy (non-hydrogen) atoms. The van der Waals surface area contributed by atoms with E-state index >= 15 is 0 Å². The van der Waals surface area contributed by atoms with E-state index < -0.39 is 12.6 Å². The van der Waals surface area contributed by atoms with Crippen LogP contribution in [0.15, 0.2) is 0 Å². The number of aliphatic hydroxyl groups excluding tert-OH is 2. The molecule has 1 fully saturated rings. The quantitative estimate of drug-likeness (QED) is 0.522. The molecule has 1 aliphatic heterocycles. The number of aliphatic hydroxyl groups is 2. The average Bonchev–Trinajstić information content (AvgIpc) is 1.54. The number of ether oxygens (including phenoxy) is 1. The third-order valence-corrected chi connectivity index (χ3v) is 1.77. The Bertz CT molecular complexity index is 110. The highest BCUT2D eigenvalue weighted by molar-refractivity contribution is 4.75. The molecule has 0 radical (unpaired) electrons. The number of hydrogen-bond acceptors (Lipinski definition) is 3. The zero-order valence-corrected chi connectivity index (χ0v) is 6.37. The molecule has 0 amide bonds. The molecule has 3 heteroatoms. The number of rotatable bonds is 0. The summed E-state index contributed by atoms with van der Waals surface area (Å²) in [6, 6.07) is 0. The monoisotopic (exact) mass is 146 g/mol. The Morgan fingerprint density at radius 1 is 1.20 bits per heavy atom. The summed E-state index contributed by atoms with van der Waals surface area (Å²) in [4.78, 5) is 0. The van der Waals surface area contributed by atoms with Crippen LogP contribution in [0.25, 0.3) is 0 Å². The molecule has 2 unspecified atom stereocenters. The van der Waals surface area contributed by atoms with Crippen molar-refractivity contribution in [2.45, 2.75) is 39.3 Å². The molecule has 0 spiro atoms. The summed E-state index contributed by atoms with van der Waals surface area (Å²) in [5, 5.41) is 18.1. The summed E-state index contributed by atoms with van der Waals surface area (Å²) in [6.45, 7) is 4.00. The van der Waals surface area contributed by atoms with Crippen molar-refractivity contribution in [3.63, 3.8) is 0 Å². The lowest BCUT2D eigenvalue weighted by atomic mass is 9.83. The third-order valence-electron chi connectivity index (χ3n) is 1.77. The van der Waals surface area contributed by atoms with Crippen LogP contribution in [-0.2, 0) is 4.74 Å². The minimum absolute atomic E-state index is 0.00289. The highest BCUT2D eigenvalue weighted by Gasteiger charge is 2.32. The molecule has 0 aliphatic carbocycles. The van der Waals surface area contributed by atoms with Gasteiger partial charge >= 0.3 is 0 Å². The zero-order chi connectivity index (χ0) is 7.78. The van der Waals surface area contributed by atoms with E-state index in [2.05, 4.69) is 0 Å². The second-order valence-corrected chi connectivity index (χ2v) is 3.62. The molecular formula is C7H14O3. The maximum absolute atomic E-state index is 9.03. The Morgan fingerprint density at radius 2 is 1.60 bits per heavy atom. The van der Waals surface area contributed by atoms with Crippen LogP contribution in [0.5, 0.6) is 0 Å². The van der Waals surface area contributed by atoms with Gasteiger partial charge in [0.2, 0.25) is 0 Å². The normalized spacial score (nSPS) is 39.6. The highest BCUT2D eigenvalue weighted by Crippen LogP contribution is 2.33. The number of hydrogen-bond donors (Lipinski definition) is 2. The molecule has 60 valence electrons. The van der Waals surface area contributed by atoms with E-state index in [9.17, 15) is 0 Å². The van der Waals surface area contributed by atoms with E-state index in [-0.39, 0.29) is 5.41 Å². The fraction of sp³-hybridized carbons (Fsp3) is 1.00. The molecular weight excluding hydrogens is 132 g/mol. The van der Waals surface area contributed by atoms with Crippen LogP contribution in [0, 0.1) is 5.41 Å². The molecule has 1 rings (SSSR count). The first kappa shape index (κ1) is 7.98. The van der Waals surface area contributed by atoms with Crippen molar-refractivity contribution >= 4 is 0 Å². The maximum atomic E-state index is 9.03. The first-order valence-corrected chi connectivity index (χ1v) is 3.51. The van der Waals surface area contributed by atoms with Gasteiger partial charge in [-0.3, -0.25) is 0 Å². The fourth-order valence-corrected chi connectivity index (χ4v) is 1.31. The summed E-state index contributed by atoms with van der Waals surface area (Å²) < 4.78 is 4.73. The van der Waals surface area contributed by atoms with Gasteiger partial charge in [0.15, 0.2) is 12.6 Å². The van der Waals surface area contributed by atoms with E-state index in [0.29, 0.717) is 12.8 Å². The van der Waals surface area contributed by atoms with Crippen LogP contribution < -0.4 is 0 Å². The fourth-order valence-electron chi connectivity index (χ4n) is 1.31. The van der Waals surface area contributed by atoms with E-state index in [1.54, 1.807) is 0 Å². The van der Waals surface area contributed by atoms with Gasteiger partial charge in [-0.1, -0.05) is 13.8 Å². The first-order chi connectivity index (χ1) is 4.49. The molecule has 1 aliphatic rings. The van der Waals surface area contributed by atoms with Gasteiger partial charge in [0, 0.05) is 12.8 Å². The van der Waals surface area contributed by atoms with E-state index in [0.717, 1.165) is 0 Å². The SMILES string of the molecule is CC1(C)CC(O)OC(O)C1. The van der Waals surface area contributed by atoms with Crippen LogP contribution >= 0.6 is 0 Å². The smallest absolute Gasteiger partial charge is 0.158 e. The first-order valence-electron chi connectivity index (χ1n) is 3.51. The van der Waals surface area contributed by atoms with Crippen molar-refractivity contribution in [1.29, 1.82) is 0 Å². The maximum Gasteiger partial charge on any atom is 0.158 e. The second kappa shape index (κ2) is 2.49. The van der Waals surface area contributed by atoms with Gasteiger partial charge in [-0.15, -0.1) is 0 Å². The van der Waals surface area contributed by atoms with Crippen molar-refractivity contribution in [2.24, 2.45) is 5.41 Å². The third kappa shape index (κ3) is 1.94. The minimum Gasteiger partial charge on any atom is -0.368 e. The molecule has 1 saturated heterocycles. The van der Waals surface area contributed by atoms with Gasteiger partial charge in [-0.2, -0.15) is 0 Å². The Balaban J connectivity index is 2.51. The van der Waals surface area contributed by atoms with Crippen LogP contribution in [0.3, 0.4) is 0 Å². The van der Waals surface area contributed by atoms with E-state index in [4.69, 9.17) is 14.9 Å². The molecule has 2 N–H and O–H groups in total. The van der Waals surface area contributed by atoms with Crippen molar-refractivity contribution in [3.05, 3.63) is 0 Å². The summed E-state index contributed by atoms with van der Waals surface area (Å²) in [5.41, 5.74) is -0.00289. The van der Waals surface area contributed by atoms with Crippen LogP contribution in [0.1, 0.15) is 26.7 Å². The summed E-state index contributed by atoms with van der Waals surface area (Å²) in [5.74, 6) is 0. The van der Waals surface area contributed by atoms with Gasteiger partial charge in [0.1, 0.15) is 0 Å². The van der Waals surface area contributed by atoms with Crippen molar-refractivity contribution in [3.8, 4) is 0 Å². The molecule has 0 aromatic heterocycles. The second-order valence-electron chi connectivity index (χ2n) is 3.62. The Hall–Kier alpha value is -0.120. The Kier molecular flexibility index (Phi) is 1.99. The van der Waals surface area contributed by atoms with Crippen LogP contribution in [0.2, 0.25) is 0 Å². The lowest BCUT2D eigenvalue weighted by Gasteiger charge is -2.35. The van der Waals surface area contributed by atoms with Gasteiger partial charge in [-0.25, -0.2) is 0 Å². The van der Waals surface area contributed by atoms with Crippen LogP contribution in [0.4, 0.5) is 0 Å². The minimum atomic E-state index is -0.793. The average molecular weight is 146 g/mol. The predicted molar refractivity (Wildman–Crippen MR) is 36.1 cm³/mol. The van der Waals surface area contributed by atoms with Crippen molar-refractivity contribution in [1.82, 2.24) is 0 Å². The Morgan fingerprint density at radius 3 is 1.90 bits per heavy atom. The molecule has 0 bridgehead atoms. The van der Waals surface area contributed by atoms with Crippen molar-refractivity contribution < 1.29 is 14.9 Å². The molecule has 0 saturated carbocycles. The Labute approximate surface area is 60.6 Å². The zero-order valence-electron chi connectivity index (χ0n) is 6.37. The van der Waals surface area contributed by atoms with Crippen LogP contribution in [-0.4, -0.2) is 22.8 Å². The lowest BCUT2D eigenvalue weighted by Crippen LogP contribution is -2.36. The topological polar surface area (TPSA) is 49.7 Å². The standard InChI is InChI=1S/C7H14O3/c1-7(2)3-5(8)10-6(9)4-7/h5-6,8-9H,3-4H2,1-2H3. The van der Waals surface area contributed by atoms with Gasteiger partial charge in [0.25, 0.3) is 0 Å². The van der Waals surface area contributed by atoms with E-state index in [1.807, 2.05) is 13.8 Å². The largest absolute Gasteiger partial charge is 0.368 e. The molecule has 1 heterocycles. The molecule has 3 nitrogen and oxygen atoms in total. The highest BCUT2D eigenvalue weighted by atomic mass is 16.7. The van der Waals surface area contributed by atoms with Crippen molar-refractivity contribution in [2.75, 3.05) is 0 Å². The van der Waals surface area contributed by atoms with E-state index in [1.165, 1.54) is 0 Å². The molecule has 2 atom stereocenters. The van der Waals surface area contributed by atoms with Gasteiger partial charge in [-0.05, 0) is 5.41 Å². The lowest BCUT2D eigenvalue weighted by molar-refractivity contribution is -0.256. The molecule has 0 aromatic rings.